The molecule has 0 saturated heterocycles. The predicted molar refractivity (Wildman–Crippen MR) is 95.3 cm³/mol. The second-order valence-electron chi connectivity index (χ2n) is 5.13. The van der Waals surface area contributed by atoms with E-state index in [0.717, 1.165) is 14.5 Å². The number of aromatic nitrogens is 1. The second kappa shape index (κ2) is 5.46. The van der Waals surface area contributed by atoms with Gasteiger partial charge in [-0.3, -0.25) is 4.79 Å². The van der Waals surface area contributed by atoms with Crippen LogP contribution in [0.25, 0.3) is 10.9 Å². The Hall–Kier alpha value is -1.33. The van der Waals surface area contributed by atoms with E-state index in [1.165, 1.54) is 5.56 Å². The highest BCUT2D eigenvalue weighted by atomic mass is 127. The molecule has 0 bridgehead atoms. The Labute approximate surface area is 141 Å². The van der Waals surface area contributed by atoms with Crippen molar-refractivity contribution in [3.8, 4) is 0 Å². The highest BCUT2D eigenvalue weighted by Crippen LogP contribution is 2.26. The van der Waals surface area contributed by atoms with Crippen LogP contribution < -0.4 is 0 Å². The van der Waals surface area contributed by atoms with Gasteiger partial charge in [0.15, 0.2) is 5.78 Å². The van der Waals surface area contributed by atoms with Crippen LogP contribution in [0.1, 0.15) is 21.5 Å². The SMILES string of the molecule is Cc1ccc2c(C(=O)c3ccc(I)c(Cl)c3)cn(C)c2c1. The Morgan fingerprint density at radius 2 is 1.95 bits per heavy atom. The molecule has 0 unspecified atom stereocenters. The Kier molecular flexibility index (Phi) is 3.80. The lowest BCUT2D eigenvalue weighted by Crippen LogP contribution is -2.00. The number of aryl methyl sites for hydroxylation is 2. The van der Waals surface area contributed by atoms with E-state index in [2.05, 4.69) is 28.7 Å². The van der Waals surface area contributed by atoms with Crippen LogP contribution in [0.15, 0.2) is 42.6 Å². The summed E-state index contributed by atoms with van der Waals surface area (Å²) in [5, 5.41) is 1.58. The summed E-state index contributed by atoms with van der Waals surface area (Å²) in [5.41, 5.74) is 3.58. The molecule has 2 aromatic carbocycles. The Morgan fingerprint density at radius 3 is 2.67 bits per heavy atom. The van der Waals surface area contributed by atoms with E-state index in [-0.39, 0.29) is 5.78 Å². The zero-order chi connectivity index (χ0) is 15.1. The van der Waals surface area contributed by atoms with Crippen molar-refractivity contribution >= 4 is 50.9 Å². The van der Waals surface area contributed by atoms with E-state index < -0.39 is 0 Å². The van der Waals surface area contributed by atoms with Crippen LogP contribution in [0.2, 0.25) is 5.02 Å². The van der Waals surface area contributed by atoms with Crippen LogP contribution in [0.4, 0.5) is 0 Å². The maximum atomic E-state index is 12.7. The number of rotatable bonds is 2. The molecule has 4 heteroatoms. The van der Waals surface area contributed by atoms with Crippen LogP contribution in [0, 0.1) is 10.5 Å². The maximum Gasteiger partial charge on any atom is 0.195 e. The third-order valence-corrected chi connectivity index (χ3v) is 5.14. The lowest BCUT2D eigenvalue weighted by atomic mass is 10.0. The molecular formula is C17H13ClINO. The second-order valence-corrected chi connectivity index (χ2v) is 6.70. The van der Waals surface area contributed by atoms with Crippen LogP contribution in [0.3, 0.4) is 0 Å². The Morgan fingerprint density at radius 1 is 1.19 bits per heavy atom. The summed E-state index contributed by atoms with van der Waals surface area (Å²) >= 11 is 8.28. The lowest BCUT2D eigenvalue weighted by Gasteiger charge is -2.02. The van der Waals surface area contributed by atoms with E-state index in [4.69, 9.17) is 11.6 Å². The first-order chi connectivity index (χ1) is 9.97. The van der Waals surface area contributed by atoms with Gasteiger partial charge in [0.2, 0.25) is 0 Å². The monoisotopic (exact) mass is 409 g/mol. The van der Waals surface area contributed by atoms with E-state index >= 15 is 0 Å². The van der Waals surface area contributed by atoms with Crippen molar-refractivity contribution in [3.05, 3.63) is 67.9 Å². The largest absolute Gasteiger partial charge is 0.350 e. The number of nitrogens with zero attached hydrogens (tertiary/aromatic N) is 1. The number of fused-ring (bicyclic) bond motifs is 1. The van der Waals surface area contributed by atoms with Crippen molar-refractivity contribution in [2.75, 3.05) is 0 Å². The fraction of sp³-hybridized carbons (Fsp3) is 0.118. The lowest BCUT2D eigenvalue weighted by molar-refractivity contribution is 0.104. The average molecular weight is 410 g/mol. The van der Waals surface area contributed by atoms with E-state index in [1.54, 1.807) is 6.07 Å². The Bertz CT molecular complexity index is 867. The first kappa shape index (κ1) is 14.6. The van der Waals surface area contributed by atoms with Gasteiger partial charge in [-0.25, -0.2) is 0 Å². The molecule has 1 aromatic heterocycles. The third kappa shape index (κ3) is 2.60. The van der Waals surface area contributed by atoms with Gasteiger partial charge in [-0.1, -0.05) is 23.7 Å². The minimum Gasteiger partial charge on any atom is -0.350 e. The van der Waals surface area contributed by atoms with Crippen molar-refractivity contribution in [2.24, 2.45) is 7.05 Å². The number of ketones is 1. The molecular weight excluding hydrogens is 397 g/mol. The van der Waals surface area contributed by atoms with E-state index in [1.807, 2.05) is 49.0 Å². The minimum atomic E-state index is 0.00255. The van der Waals surface area contributed by atoms with Gasteiger partial charge < -0.3 is 4.57 Å². The van der Waals surface area contributed by atoms with Crippen LogP contribution in [-0.2, 0) is 7.05 Å². The molecule has 1 heterocycles. The quantitative estimate of drug-likeness (QED) is 0.432. The van der Waals surface area contributed by atoms with Crippen LogP contribution in [0.5, 0.6) is 0 Å². The van der Waals surface area contributed by atoms with Crippen molar-refractivity contribution in [2.45, 2.75) is 6.92 Å². The fourth-order valence-electron chi connectivity index (χ4n) is 2.47. The number of halogens is 2. The van der Waals surface area contributed by atoms with Crippen molar-refractivity contribution < 1.29 is 4.79 Å². The first-order valence-electron chi connectivity index (χ1n) is 6.53. The average Bonchev–Trinajstić information content (AvgIpc) is 2.78. The van der Waals surface area contributed by atoms with E-state index in [0.29, 0.717) is 16.1 Å². The molecule has 2 nitrogen and oxygen atoms in total. The highest BCUT2D eigenvalue weighted by molar-refractivity contribution is 14.1. The molecule has 0 amide bonds. The van der Waals surface area contributed by atoms with Gasteiger partial charge in [0.1, 0.15) is 0 Å². The summed E-state index contributed by atoms with van der Waals surface area (Å²) in [5.74, 6) is 0.00255. The first-order valence-corrected chi connectivity index (χ1v) is 7.98. The van der Waals surface area contributed by atoms with E-state index in [9.17, 15) is 4.79 Å². The number of carbonyl (C=O) groups is 1. The molecule has 0 aliphatic rings. The molecule has 106 valence electrons. The van der Waals surface area contributed by atoms with Gasteiger partial charge in [-0.15, -0.1) is 0 Å². The maximum absolute atomic E-state index is 12.7. The molecule has 0 spiro atoms. The molecule has 0 aliphatic carbocycles. The molecule has 0 N–H and O–H groups in total. The number of hydrogen-bond donors (Lipinski definition) is 0. The predicted octanol–water partition coefficient (Wildman–Crippen LogP) is 4.98. The third-order valence-electron chi connectivity index (χ3n) is 3.57. The molecule has 0 fully saturated rings. The number of hydrogen-bond acceptors (Lipinski definition) is 1. The van der Waals surface area contributed by atoms with Crippen molar-refractivity contribution in [1.29, 1.82) is 0 Å². The zero-order valence-electron chi connectivity index (χ0n) is 11.7. The van der Waals surface area contributed by atoms with Crippen molar-refractivity contribution in [3.63, 3.8) is 0 Å². The molecule has 0 radical (unpaired) electrons. The van der Waals surface area contributed by atoms with Crippen molar-refractivity contribution in [1.82, 2.24) is 4.57 Å². The summed E-state index contributed by atoms with van der Waals surface area (Å²) in [4.78, 5) is 12.7. The molecule has 21 heavy (non-hydrogen) atoms. The zero-order valence-corrected chi connectivity index (χ0v) is 14.6. The number of benzene rings is 2. The summed E-state index contributed by atoms with van der Waals surface area (Å²) in [7, 11) is 1.96. The van der Waals surface area contributed by atoms with Gasteiger partial charge in [-0.2, -0.15) is 0 Å². The molecule has 0 saturated carbocycles. The van der Waals surface area contributed by atoms with Gasteiger partial charge in [0.25, 0.3) is 0 Å². The van der Waals surface area contributed by atoms with Gasteiger partial charge >= 0.3 is 0 Å². The molecule has 0 atom stereocenters. The van der Waals surface area contributed by atoms with Gasteiger partial charge in [-0.05, 0) is 59.3 Å². The Balaban J connectivity index is 2.15. The summed E-state index contributed by atoms with van der Waals surface area (Å²) in [6, 6.07) is 11.5. The van der Waals surface area contributed by atoms with Crippen LogP contribution >= 0.6 is 34.2 Å². The van der Waals surface area contributed by atoms with Gasteiger partial charge in [0.05, 0.1) is 5.02 Å². The van der Waals surface area contributed by atoms with Gasteiger partial charge in [0, 0.05) is 38.8 Å². The smallest absolute Gasteiger partial charge is 0.195 e. The standard InChI is InChI=1S/C17H13ClINO/c1-10-3-5-12-13(9-20(2)16(12)7-10)17(21)11-4-6-15(19)14(18)8-11/h3-9H,1-2H3. The highest BCUT2D eigenvalue weighted by Gasteiger charge is 2.16. The minimum absolute atomic E-state index is 0.00255. The fourth-order valence-corrected chi connectivity index (χ4v) is 2.98. The number of carbonyl (C=O) groups excluding carboxylic acids is 1. The summed E-state index contributed by atoms with van der Waals surface area (Å²) in [6.45, 7) is 2.05. The topological polar surface area (TPSA) is 22.0 Å². The molecule has 0 aliphatic heterocycles. The molecule has 3 aromatic rings. The normalized spacial score (nSPS) is 11.0. The summed E-state index contributed by atoms with van der Waals surface area (Å²) < 4.78 is 2.93. The van der Waals surface area contributed by atoms with Crippen LogP contribution in [-0.4, -0.2) is 10.4 Å². The summed E-state index contributed by atoms with van der Waals surface area (Å²) in [6.07, 6.45) is 1.89. The molecule has 3 rings (SSSR count).